The minimum absolute atomic E-state index is 0. The van der Waals surface area contributed by atoms with Crippen LogP contribution in [0.25, 0.3) is 11.3 Å². The van der Waals surface area contributed by atoms with E-state index in [0.717, 1.165) is 16.8 Å². The molecule has 0 amide bonds. The molecule has 0 aliphatic rings. The Kier molecular flexibility index (Phi) is 4.63. The maximum Gasteiger partial charge on any atom is 0.0514 e. The zero-order chi connectivity index (χ0) is 9.80. The molecule has 0 saturated heterocycles. The van der Waals surface area contributed by atoms with Gasteiger partial charge in [-0.2, -0.15) is 0 Å². The molecule has 0 saturated carbocycles. The first-order chi connectivity index (χ1) is 6.90. The molecule has 1 aromatic heterocycles. The van der Waals surface area contributed by atoms with Gasteiger partial charge >= 0.3 is 0 Å². The van der Waals surface area contributed by atoms with Crippen LogP contribution >= 0.6 is 0 Å². The van der Waals surface area contributed by atoms with Crippen LogP contribution in [0.3, 0.4) is 0 Å². The van der Waals surface area contributed by atoms with Gasteiger partial charge in [0.1, 0.15) is 0 Å². The average molecular weight is 376 g/mol. The molecule has 0 aliphatic heterocycles. The van der Waals surface area contributed by atoms with Crippen LogP contribution in [-0.2, 0) is 26.7 Å². The second-order valence-corrected chi connectivity index (χ2v) is 2.98. The van der Waals surface area contributed by atoms with E-state index >= 15 is 0 Å². The van der Waals surface area contributed by atoms with Crippen molar-refractivity contribution in [3.05, 3.63) is 54.2 Å². The third-order valence-electron chi connectivity index (χ3n) is 1.99. The number of hydrogen-bond acceptors (Lipinski definition) is 2. The van der Waals surface area contributed by atoms with E-state index < -0.39 is 0 Å². The molecule has 0 atom stereocenters. The van der Waals surface area contributed by atoms with Gasteiger partial charge in [-0.15, -0.1) is 35.4 Å². The number of nitrogens with zero attached hydrogens (tertiary/aromatic N) is 1. The minimum Gasteiger partial charge on any atom is -0.393 e. The molecule has 1 N–H and O–H groups in total. The van der Waals surface area contributed by atoms with Crippen molar-refractivity contribution in [3.63, 3.8) is 0 Å². The van der Waals surface area contributed by atoms with Gasteiger partial charge in [0.15, 0.2) is 0 Å². The van der Waals surface area contributed by atoms with Crippen LogP contribution in [0.5, 0.6) is 0 Å². The molecule has 3 heteroatoms. The maximum absolute atomic E-state index is 8.97. The van der Waals surface area contributed by atoms with Crippen LogP contribution in [0.15, 0.2) is 42.6 Å². The van der Waals surface area contributed by atoms with Crippen molar-refractivity contribution in [2.45, 2.75) is 6.61 Å². The van der Waals surface area contributed by atoms with Gasteiger partial charge in [-0.05, 0) is 11.8 Å². The first-order valence-electron chi connectivity index (χ1n) is 4.43. The summed E-state index contributed by atoms with van der Waals surface area (Å²) in [5, 5.41) is 8.97. The summed E-state index contributed by atoms with van der Waals surface area (Å²) >= 11 is 0. The second-order valence-electron chi connectivity index (χ2n) is 2.98. The first kappa shape index (κ1) is 12.1. The quantitative estimate of drug-likeness (QED) is 0.814. The summed E-state index contributed by atoms with van der Waals surface area (Å²) in [6.07, 6.45) is 1.74. The Morgan fingerprint density at radius 3 is 2.80 bits per heavy atom. The molecule has 0 unspecified atom stereocenters. The summed E-state index contributed by atoms with van der Waals surface area (Å²) in [5.74, 6) is 0. The van der Waals surface area contributed by atoms with Gasteiger partial charge < -0.3 is 10.1 Å². The molecule has 0 aliphatic carbocycles. The Bertz CT molecular complexity index is 417. The molecule has 79 valence electrons. The van der Waals surface area contributed by atoms with Gasteiger partial charge in [-0.3, -0.25) is 0 Å². The fourth-order valence-corrected chi connectivity index (χ4v) is 1.28. The van der Waals surface area contributed by atoms with Crippen LogP contribution in [0, 0.1) is 6.07 Å². The summed E-state index contributed by atoms with van der Waals surface area (Å²) in [6, 6.07) is 14.3. The third kappa shape index (κ3) is 2.96. The van der Waals surface area contributed by atoms with Crippen molar-refractivity contribution in [1.29, 1.82) is 0 Å². The molecular weight excluding hydrogens is 366 g/mol. The standard InChI is InChI=1S/C12H10NO.Ir/c14-9-10-4-3-5-11(8-10)12-6-1-2-7-13-12;/h1-4,6-8,14H,9H2;/q-1;. The SMILES string of the molecule is OCc1cc[c-]c(-c2ccccn2)c1.[Ir]. The van der Waals surface area contributed by atoms with Gasteiger partial charge in [0.25, 0.3) is 0 Å². The molecule has 0 fully saturated rings. The van der Waals surface area contributed by atoms with E-state index in [1.165, 1.54) is 0 Å². The Labute approximate surface area is 102 Å². The van der Waals surface area contributed by atoms with E-state index in [1.54, 1.807) is 12.3 Å². The molecule has 2 aromatic rings. The van der Waals surface area contributed by atoms with Crippen LogP contribution in [0.2, 0.25) is 0 Å². The predicted molar refractivity (Wildman–Crippen MR) is 54.4 cm³/mol. The summed E-state index contributed by atoms with van der Waals surface area (Å²) < 4.78 is 0. The van der Waals surface area contributed by atoms with Gasteiger partial charge in [0, 0.05) is 26.3 Å². The van der Waals surface area contributed by atoms with Gasteiger partial charge in [-0.25, -0.2) is 0 Å². The molecule has 2 nitrogen and oxygen atoms in total. The Morgan fingerprint density at radius 1 is 1.27 bits per heavy atom. The summed E-state index contributed by atoms with van der Waals surface area (Å²) in [6.45, 7) is 0.0501. The van der Waals surface area contributed by atoms with E-state index in [4.69, 9.17) is 5.11 Å². The van der Waals surface area contributed by atoms with Crippen LogP contribution < -0.4 is 0 Å². The average Bonchev–Trinajstić information content (AvgIpc) is 2.30. The van der Waals surface area contributed by atoms with Crippen molar-refractivity contribution in [3.8, 4) is 11.3 Å². The monoisotopic (exact) mass is 377 g/mol. The Morgan fingerprint density at radius 2 is 2.13 bits per heavy atom. The molecular formula is C12H10IrNO-. The molecule has 2 rings (SSSR count). The normalized spacial score (nSPS) is 9.40. The molecule has 15 heavy (non-hydrogen) atoms. The molecule has 0 bridgehead atoms. The van der Waals surface area contributed by atoms with Crippen molar-refractivity contribution >= 4 is 0 Å². The number of aromatic nitrogens is 1. The number of aliphatic hydroxyl groups is 1. The van der Waals surface area contributed by atoms with Crippen LogP contribution in [0.4, 0.5) is 0 Å². The summed E-state index contributed by atoms with van der Waals surface area (Å²) in [7, 11) is 0. The zero-order valence-electron chi connectivity index (χ0n) is 7.98. The first-order valence-corrected chi connectivity index (χ1v) is 4.43. The minimum atomic E-state index is 0. The Hall–Kier alpha value is -1.02. The fourth-order valence-electron chi connectivity index (χ4n) is 1.28. The van der Waals surface area contributed by atoms with Crippen LogP contribution in [-0.4, -0.2) is 10.1 Å². The second kappa shape index (κ2) is 5.76. The molecule has 0 spiro atoms. The summed E-state index contributed by atoms with van der Waals surface area (Å²) in [4.78, 5) is 4.21. The number of pyridine rings is 1. The predicted octanol–water partition coefficient (Wildman–Crippen LogP) is 2.04. The number of hydrogen-bond donors (Lipinski definition) is 1. The smallest absolute Gasteiger partial charge is 0.0514 e. The van der Waals surface area contributed by atoms with Crippen molar-refractivity contribution in [2.75, 3.05) is 0 Å². The van der Waals surface area contributed by atoms with E-state index in [2.05, 4.69) is 11.1 Å². The van der Waals surface area contributed by atoms with Gasteiger partial charge in [0.2, 0.25) is 0 Å². The topological polar surface area (TPSA) is 33.1 Å². The van der Waals surface area contributed by atoms with E-state index in [1.807, 2.05) is 30.3 Å². The van der Waals surface area contributed by atoms with Gasteiger partial charge in [0.05, 0.1) is 6.61 Å². The third-order valence-corrected chi connectivity index (χ3v) is 1.99. The summed E-state index contributed by atoms with van der Waals surface area (Å²) in [5.41, 5.74) is 2.67. The molecule has 1 aromatic carbocycles. The van der Waals surface area contributed by atoms with Crippen molar-refractivity contribution in [1.82, 2.24) is 4.98 Å². The van der Waals surface area contributed by atoms with E-state index in [0.29, 0.717) is 0 Å². The van der Waals surface area contributed by atoms with Crippen LogP contribution in [0.1, 0.15) is 5.56 Å². The zero-order valence-corrected chi connectivity index (χ0v) is 10.4. The fraction of sp³-hybridized carbons (Fsp3) is 0.0833. The molecule has 1 radical (unpaired) electrons. The van der Waals surface area contributed by atoms with Crippen molar-refractivity contribution in [2.24, 2.45) is 0 Å². The largest absolute Gasteiger partial charge is 0.393 e. The molecule has 1 heterocycles. The Balaban J connectivity index is 0.00000112. The number of rotatable bonds is 2. The maximum atomic E-state index is 8.97. The number of aliphatic hydroxyl groups excluding tert-OH is 1. The van der Waals surface area contributed by atoms with E-state index in [-0.39, 0.29) is 26.7 Å². The van der Waals surface area contributed by atoms with Gasteiger partial charge in [-0.1, -0.05) is 12.1 Å². The van der Waals surface area contributed by atoms with E-state index in [9.17, 15) is 0 Å². The number of benzene rings is 1. The van der Waals surface area contributed by atoms with Crippen molar-refractivity contribution < 1.29 is 25.2 Å².